The van der Waals surface area contributed by atoms with Crippen molar-refractivity contribution >= 4 is 5.91 Å². The molecule has 7 heteroatoms. The van der Waals surface area contributed by atoms with Gasteiger partial charge in [-0.1, -0.05) is 6.42 Å². The van der Waals surface area contributed by atoms with Crippen LogP contribution in [0.25, 0.3) is 0 Å². The Hall–Kier alpha value is -2.15. The zero-order chi connectivity index (χ0) is 17.8. The SMILES string of the molecule is Cc1nc(C)n(CC2CCCCN2C(C)C(=O)NCc2ccco2)n1. The van der Waals surface area contributed by atoms with Crippen molar-refractivity contribution in [1.82, 2.24) is 25.0 Å². The topological polar surface area (TPSA) is 76.2 Å². The van der Waals surface area contributed by atoms with Gasteiger partial charge in [0.25, 0.3) is 0 Å². The van der Waals surface area contributed by atoms with Gasteiger partial charge < -0.3 is 9.73 Å². The van der Waals surface area contributed by atoms with Gasteiger partial charge in [-0.2, -0.15) is 5.10 Å². The van der Waals surface area contributed by atoms with Crippen LogP contribution in [-0.2, 0) is 17.9 Å². The summed E-state index contributed by atoms with van der Waals surface area (Å²) in [5.41, 5.74) is 0. The molecule has 0 radical (unpaired) electrons. The van der Waals surface area contributed by atoms with Crippen LogP contribution in [0.2, 0.25) is 0 Å². The van der Waals surface area contributed by atoms with Crippen molar-refractivity contribution < 1.29 is 9.21 Å². The Kier molecular flexibility index (Phi) is 5.53. The molecule has 0 saturated carbocycles. The summed E-state index contributed by atoms with van der Waals surface area (Å²) in [6.07, 6.45) is 5.01. The lowest BCUT2D eigenvalue weighted by molar-refractivity contribution is -0.127. The van der Waals surface area contributed by atoms with Crippen LogP contribution in [0.15, 0.2) is 22.8 Å². The number of hydrogen-bond acceptors (Lipinski definition) is 5. The average Bonchev–Trinajstić information content (AvgIpc) is 3.22. The number of nitrogens with one attached hydrogen (secondary N) is 1. The summed E-state index contributed by atoms with van der Waals surface area (Å²) >= 11 is 0. The minimum Gasteiger partial charge on any atom is -0.467 e. The van der Waals surface area contributed by atoms with Crippen LogP contribution >= 0.6 is 0 Å². The lowest BCUT2D eigenvalue weighted by Crippen LogP contribution is -2.52. The van der Waals surface area contributed by atoms with E-state index in [4.69, 9.17) is 4.42 Å². The molecule has 0 bridgehead atoms. The smallest absolute Gasteiger partial charge is 0.237 e. The third kappa shape index (κ3) is 4.28. The highest BCUT2D eigenvalue weighted by Gasteiger charge is 2.31. The summed E-state index contributed by atoms with van der Waals surface area (Å²) < 4.78 is 7.24. The van der Waals surface area contributed by atoms with Crippen LogP contribution in [-0.4, -0.2) is 44.2 Å². The molecule has 3 heterocycles. The van der Waals surface area contributed by atoms with Gasteiger partial charge in [-0.15, -0.1) is 0 Å². The molecule has 1 aliphatic rings. The van der Waals surface area contributed by atoms with Crippen LogP contribution < -0.4 is 5.32 Å². The molecule has 3 rings (SSSR count). The number of amides is 1. The Balaban J connectivity index is 1.62. The van der Waals surface area contributed by atoms with Gasteiger partial charge in [-0.05, 0) is 52.3 Å². The minimum absolute atomic E-state index is 0.0368. The molecule has 0 spiro atoms. The van der Waals surface area contributed by atoms with Crippen LogP contribution in [0.1, 0.15) is 43.6 Å². The number of piperidine rings is 1. The fourth-order valence-corrected chi connectivity index (χ4v) is 3.55. The first-order chi connectivity index (χ1) is 12.0. The van der Waals surface area contributed by atoms with Crippen molar-refractivity contribution in [2.75, 3.05) is 6.54 Å². The van der Waals surface area contributed by atoms with E-state index in [9.17, 15) is 4.79 Å². The van der Waals surface area contributed by atoms with E-state index in [1.165, 1.54) is 6.42 Å². The number of carbonyl (C=O) groups is 1. The Morgan fingerprint density at radius 1 is 1.44 bits per heavy atom. The second-order valence-electron chi connectivity index (χ2n) is 6.75. The summed E-state index contributed by atoms with van der Waals surface area (Å²) in [5.74, 6) is 2.53. The number of nitrogens with zero attached hydrogens (tertiary/aromatic N) is 4. The highest BCUT2D eigenvalue weighted by molar-refractivity contribution is 5.81. The van der Waals surface area contributed by atoms with Gasteiger partial charge in [0.05, 0.1) is 25.4 Å². The lowest BCUT2D eigenvalue weighted by Gasteiger charge is -2.39. The van der Waals surface area contributed by atoms with E-state index in [-0.39, 0.29) is 11.9 Å². The van der Waals surface area contributed by atoms with Gasteiger partial charge in [0.2, 0.25) is 5.91 Å². The zero-order valence-corrected chi connectivity index (χ0v) is 15.2. The van der Waals surface area contributed by atoms with Crippen molar-refractivity contribution in [3.05, 3.63) is 35.8 Å². The third-order valence-electron chi connectivity index (χ3n) is 4.91. The van der Waals surface area contributed by atoms with E-state index in [1.54, 1.807) is 6.26 Å². The standard InChI is InChI=1S/C18H27N5O2/c1-13(18(24)19-11-17-8-6-10-25-17)22-9-5-4-7-16(22)12-23-15(3)20-14(2)21-23/h6,8,10,13,16H,4-5,7,9,11-12H2,1-3H3,(H,19,24). The second kappa shape index (κ2) is 7.82. The van der Waals surface area contributed by atoms with Gasteiger partial charge in [0, 0.05) is 6.04 Å². The van der Waals surface area contributed by atoms with E-state index >= 15 is 0 Å². The number of likely N-dealkylation sites (tertiary alicyclic amines) is 1. The zero-order valence-electron chi connectivity index (χ0n) is 15.2. The molecule has 1 N–H and O–H groups in total. The maximum atomic E-state index is 12.6. The molecule has 2 unspecified atom stereocenters. The number of aromatic nitrogens is 3. The highest BCUT2D eigenvalue weighted by atomic mass is 16.3. The number of hydrogen-bond donors (Lipinski definition) is 1. The molecule has 2 aromatic heterocycles. The maximum Gasteiger partial charge on any atom is 0.237 e. The van der Waals surface area contributed by atoms with E-state index < -0.39 is 0 Å². The first-order valence-corrected chi connectivity index (χ1v) is 8.98. The second-order valence-corrected chi connectivity index (χ2v) is 6.75. The van der Waals surface area contributed by atoms with Gasteiger partial charge in [0.15, 0.2) is 0 Å². The summed E-state index contributed by atoms with van der Waals surface area (Å²) in [7, 11) is 0. The normalized spacial score (nSPS) is 19.7. The van der Waals surface area contributed by atoms with Crippen molar-refractivity contribution in [3.8, 4) is 0 Å². The molecule has 2 aromatic rings. The summed E-state index contributed by atoms with van der Waals surface area (Å²) in [5, 5.41) is 7.45. The third-order valence-corrected chi connectivity index (χ3v) is 4.91. The lowest BCUT2D eigenvalue weighted by atomic mass is 9.99. The Morgan fingerprint density at radius 3 is 2.96 bits per heavy atom. The molecular formula is C18H27N5O2. The molecule has 2 atom stereocenters. The quantitative estimate of drug-likeness (QED) is 0.867. The number of aryl methyl sites for hydroxylation is 2. The average molecular weight is 345 g/mol. The summed E-state index contributed by atoms with van der Waals surface area (Å²) in [6.45, 7) is 8.01. The highest BCUT2D eigenvalue weighted by Crippen LogP contribution is 2.21. The molecule has 136 valence electrons. The van der Waals surface area contributed by atoms with Crippen LogP contribution in [0.3, 0.4) is 0 Å². The van der Waals surface area contributed by atoms with Crippen LogP contribution in [0, 0.1) is 13.8 Å². The fourth-order valence-electron chi connectivity index (χ4n) is 3.55. The molecule has 25 heavy (non-hydrogen) atoms. The maximum absolute atomic E-state index is 12.6. The molecule has 7 nitrogen and oxygen atoms in total. The first kappa shape index (κ1) is 17.7. The molecule has 0 aromatic carbocycles. The Morgan fingerprint density at radius 2 is 2.28 bits per heavy atom. The largest absolute Gasteiger partial charge is 0.467 e. The number of furan rings is 1. The Labute approximate surface area is 148 Å². The van der Waals surface area contributed by atoms with Gasteiger partial charge in [-0.3, -0.25) is 9.69 Å². The summed E-state index contributed by atoms with van der Waals surface area (Å²) in [6, 6.07) is 3.82. The molecule has 1 amide bonds. The predicted molar refractivity (Wildman–Crippen MR) is 93.9 cm³/mol. The Bertz CT molecular complexity index is 694. The summed E-state index contributed by atoms with van der Waals surface area (Å²) in [4.78, 5) is 19.3. The van der Waals surface area contributed by atoms with Gasteiger partial charge >= 0.3 is 0 Å². The van der Waals surface area contributed by atoms with E-state index in [1.807, 2.05) is 37.6 Å². The number of rotatable bonds is 6. The monoisotopic (exact) mass is 345 g/mol. The van der Waals surface area contributed by atoms with E-state index in [0.717, 1.165) is 43.3 Å². The van der Waals surface area contributed by atoms with Crippen molar-refractivity contribution in [3.63, 3.8) is 0 Å². The van der Waals surface area contributed by atoms with E-state index in [2.05, 4.69) is 20.3 Å². The molecule has 1 aliphatic heterocycles. The minimum atomic E-state index is -0.176. The molecule has 1 fully saturated rings. The predicted octanol–water partition coefficient (Wildman–Crippen LogP) is 2.05. The molecule has 1 saturated heterocycles. The molecular weight excluding hydrogens is 318 g/mol. The van der Waals surface area contributed by atoms with Crippen LogP contribution in [0.4, 0.5) is 0 Å². The fraction of sp³-hybridized carbons (Fsp3) is 0.611. The van der Waals surface area contributed by atoms with Crippen molar-refractivity contribution in [1.29, 1.82) is 0 Å². The van der Waals surface area contributed by atoms with Crippen molar-refractivity contribution in [2.45, 2.75) is 65.2 Å². The van der Waals surface area contributed by atoms with Gasteiger partial charge in [-0.25, -0.2) is 9.67 Å². The van der Waals surface area contributed by atoms with Crippen molar-refractivity contribution in [2.24, 2.45) is 0 Å². The van der Waals surface area contributed by atoms with Gasteiger partial charge in [0.1, 0.15) is 17.4 Å². The first-order valence-electron chi connectivity index (χ1n) is 8.98. The molecule has 0 aliphatic carbocycles. The van der Waals surface area contributed by atoms with E-state index in [0.29, 0.717) is 12.6 Å². The number of carbonyl (C=O) groups excluding carboxylic acids is 1. The van der Waals surface area contributed by atoms with Crippen LogP contribution in [0.5, 0.6) is 0 Å².